The number of aryl methyl sites for hydroxylation is 1. The molecule has 1 aromatic heterocycles. The number of H-pyrrole nitrogens is 1. The van der Waals surface area contributed by atoms with E-state index in [1.807, 2.05) is 24.3 Å². The van der Waals surface area contributed by atoms with Crippen molar-refractivity contribution in [3.8, 4) is 5.75 Å². The van der Waals surface area contributed by atoms with Crippen LogP contribution in [0.5, 0.6) is 5.75 Å². The normalized spacial score (nSPS) is 23.0. The van der Waals surface area contributed by atoms with Crippen molar-refractivity contribution in [3.63, 3.8) is 0 Å². The van der Waals surface area contributed by atoms with E-state index in [2.05, 4.69) is 28.1 Å². The van der Waals surface area contributed by atoms with E-state index in [9.17, 15) is 4.79 Å². The number of benzene rings is 2. The van der Waals surface area contributed by atoms with Gasteiger partial charge in [0.15, 0.2) is 5.58 Å². The molecular weight excluding hydrogens is 316 g/mol. The number of para-hydroxylation sites is 2. The van der Waals surface area contributed by atoms with Crippen molar-refractivity contribution >= 4 is 11.1 Å². The first-order valence-corrected chi connectivity index (χ1v) is 8.81. The van der Waals surface area contributed by atoms with Gasteiger partial charge in [-0.1, -0.05) is 30.3 Å². The summed E-state index contributed by atoms with van der Waals surface area (Å²) in [7, 11) is 0. The minimum Gasteiger partial charge on any atom is -0.486 e. The number of rotatable bonds is 2. The zero-order valence-electron chi connectivity index (χ0n) is 14.0. The van der Waals surface area contributed by atoms with E-state index in [4.69, 9.17) is 9.15 Å². The van der Waals surface area contributed by atoms with Crippen molar-refractivity contribution in [2.75, 3.05) is 13.1 Å². The molecule has 0 amide bonds. The minimum absolute atomic E-state index is 0.0821. The predicted molar refractivity (Wildman–Crippen MR) is 94.9 cm³/mol. The number of aromatic nitrogens is 1. The number of oxazole rings is 1. The van der Waals surface area contributed by atoms with Gasteiger partial charge in [-0.2, -0.15) is 0 Å². The van der Waals surface area contributed by atoms with E-state index in [0.717, 1.165) is 55.7 Å². The van der Waals surface area contributed by atoms with Gasteiger partial charge >= 0.3 is 5.76 Å². The molecule has 25 heavy (non-hydrogen) atoms. The van der Waals surface area contributed by atoms with E-state index < -0.39 is 5.76 Å². The van der Waals surface area contributed by atoms with Gasteiger partial charge in [0.05, 0.1) is 5.52 Å². The molecule has 1 saturated heterocycles. The molecule has 0 aliphatic carbocycles. The van der Waals surface area contributed by atoms with E-state index in [0.29, 0.717) is 5.58 Å². The molecule has 5 nitrogen and oxygen atoms in total. The Bertz CT molecular complexity index is 990. The number of aromatic amines is 1. The van der Waals surface area contributed by atoms with Gasteiger partial charge in [0.1, 0.15) is 11.4 Å². The molecule has 3 aromatic rings. The zero-order chi connectivity index (χ0) is 16.9. The third-order valence-corrected chi connectivity index (χ3v) is 5.47. The van der Waals surface area contributed by atoms with Gasteiger partial charge in [-0.15, -0.1) is 0 Å². The fourth-order valence-electron chi connectivity index (χ4n) is 4.20. The third-order valence-electron chi connectivity index (χ3n) is 5.47. The Morgan fingerprint density at radius 3 is 3.00 bits per heavy atom. The maximum Gasteiger partial charge on any atom is 0.417 e. The molecule has 0 saturated carbocycles. The lowest BCUT2D eigenvalue weighted by Gasteiger charge is -2.35. The van der Waals surface area contributed by atoms with Crippen molar-refractivity contribution in [2.45, 2.75) is 31.4 Å². The van der Waals surface area contributed by atoms with Gasteiger partial charge in [-0.05, 0) is 30.5 Å². The highest BCUT2D eigenvalue weighted by atomic mass is 16.5. The van der Waals surface area contributed by atoms with Crippen LogP contribution in [-0.2, 0) is 13.0 Å². The topological polar surface area (TPSA) is 58.5 Å². The largest absolute Gasteiger partial charge is 0.486 e. The predicted octanol–water partition coefficient (Wildman–Crippen LogP) is 3.09. The highest BCUT2D eigenvalue weighted by molar-refractivity contribution is 5.75. The van der Waals surface area contributed by atoms with E-state index in [-0.39, 0.29) is 5.60 Å². The summed E-state index contributed by atoms with van der Waals surface area (Å²) in [4.78, 5) is 16.6. The monoisotopic (exact) mass is 336 g/mol. The van der Waals surface area contributed by atoms with Crippen LogP contribution in [0.1, 0.15) is 24.0 Å². The first kappa shape index (κ1) is 14.8. The average Bonchev–Trinajstić information content (AvgIpc) is 3.18. The van der Waals surface area contributed by atoms with E-state index >= 15 is 0 Å². The Balaban J connectivity index is 1.37. The second-order valence-corrected chi connectivity index (χ2v) is 7.16. The summed E-state index contributed by atoms with van der Waals surface area (Å²) in [5.41, 5.74) is 3.71. The number of hydrogen-bond acceptors (Lipinski definition) is 4. The van der Waals surface area contributed by atoms with Crippen molar-refractivity contribution in [1.82, 2.24) is 9.88 Å². The molecule has 0 bridgehead atoms. The lowest BCUT2D eigenvalue weighted by Crippen LogP contribution is -2.42. The molecule has 2 aromatic carbocycles. The summed E-state index contributed by atoms with van der Waals surface area (Å²) < 4.78 is 11.7. The van der Waals surface area contributed by atoms with Crippen LogP contribution in [0.25, 0.3) is 11.1 Å². The Labute approximate surface area is 145 Å². The lowest BCUT2D eigenvalue weighted by atomic mass is 9.90. The molecule has 3 heterocycles. The van der Waals surface area contributed by atoms with Crippen molar-refractivity contribution < 1.29 is 9.15 Å². The summed E-state index contributed by atoms with van der Waals surface area (Å²) in [5, 5.41) is 0. The maximum absolute atomic E-state index is 11.5. The van der Waals surface area contributed by atoms with Crippen LogP contribution in [-0.4, -0.2) is 28.6 Å². The third kappa shape index (κ3) is 2.55. The summed E-state index contributed by atoms with van der Waals surface area (Å²) >= 11 is 0. The number of nitrogens with zero attached hydrogens (tertiary/aromatic N) is 1. The van der Waals surface area contributed by atoms with Crippen LogP contribution in [0.2, 0.25) is 0 Å². The van der Waals surface area contributed by atoms with Crippen molar-refractivity contribution in [2.24, 2.45) is 0 Å². The fourth-order valence-corrected chi connectivity index (χ4v) is 4.20. The number of hydrogen-bond donors (Lipinski definition) is 1. The number of likely N-dealkylation sites (tertiary alicyclic amines) is 1. The van der Waals surface area contributed by atoms with Crippen LogP contribution in [0.3, 0.4) is 0 Å². The fraction of sp³-hybridized carbons (Fsp3) is 0.350. The second kappa shape index (κ2) is 5.49. The summed E-state index contributed by atoms with van der Waals surface area (Å²) in [6.45, 7) is 2.67. The molecule has 5 heteroatoms. The number of ether oxygens (including phenoxy) is 1. The van der Waals surface area contributed by atoms with Crippen LogP contribution >= 0.6 is 0 Å². The first-order valence-electron chi connectivity index (χ1n) is 8.81. The summed E-state index contributed by atoms with van der Waals surface area (Å²) in [6.07, 6.45) is 3.17. The highest BCUT2D eigenvalue weighted by Crippen LogP contribution is 2.39. The van der Waals surface area contributed by atoms with Gasteiger partial charge < -0.3 is 9.15 Å². The SMILES string of the molecule is O=c1[nH]c2cccc(CN3CCC4(CCc5ccccc5O4)C3)c2o1. The molecule has 5 rings (SSSR count). The molecule has 128 valence electrons. The quantitative estimate of drug-likeness (QED) is 0.781. The Kier molecular flexibility index (Phi) is 3.25. The molecular formula is C20H20N2O3. The molecule has 2 aliphatic rings. The average molecular weight is 336 g/mol. The van der Waals surface area contributed by atoms with Crippen LogP contribution in [0.4, 0.5) is 0 Å². The molecule has 1 spiro atoms. The van der Waals surface area contributed by atoms with E-state index in [1.54, 1.807) is 0 Å². The van der Waals surface area contributed by atoms with Gasteiger partial charge in [-0.25, -0.2) is 4.79 Å². The molecule has 0 radical (unpaired) electrons. The smallest absolute Gasteiger partial charge is 0.417 e. The molecule has 1 atom stereocenters. The Morgan fingerprint density at radius 1 is 1.12 bits per heavy atom. The molecule has 2 aliphatic heterocycles. The first-order chi connectivity index (χ1) is 12.2. The van der Waals surface area contributed by atoms with Crippen molar-refractivity contribution in [1.29, 1.82) is 0 Å². The van der Waals surface area contributed by atoms with Gasteiger partial charge in [-0.3, -0.25) is 9.88 Å². The lowest BCUT2D eigenvalue weighted by molar-refractivity contribution is 0.0537. The zero-order valence-corrected chi connectivity index (χ0v) is 14.0. The number of fused-ring (bicyclic) bond motifs is 2. The Morgan fingerprint density at radius 2 is 2.04 bits per heavy atom. The summed E-state index contributed by atoms with van der Waals surface area (Å²) in [5.74, 6) is 0.641. The minimum atomic E-state index is -0.396. The van der Waals surface area contributed by atoms with Crippen molar-refractivity contribution in [3.05, 3.63) is 64.1 Å². The van der Waals surface area contributed by atoms with Crippen LogP contribution < -0.4 is 10.5 Å². The highest BCUT2D eigenvalue weighted by Gasteiger charge is 2.42. The van der Waals surface area contributed by atoms with Crippen LogP contribution in [0.15, 0.2) is 51.7 Å². The standard InChI is InChI=1S/C20H20N2O3/c23-19-21-16-6-3-5-15(18(16)24-19)12-22-11-10-20(13-22)9-8-14-4-1-2-7-17(14)25-20/h1-7H,8-13H2,(H,21,23). The van der Waals surface area contributed by atoms with Gasteiger partial charge in [0.25, 0.3) is 0 Å². The Hall–Kier alpha value is -2.53. The molecule has 1 unspecified atom stereocenters. The van der Waals surface area contributed by atoms with Gasteiger partial charge in [0.2, 0.25) is 0 Å². The molecule has 1 fully saturated rings. The van der Waals surface area contributed by atoms with E-state index in [1.165, 1.54) is 5.56 Å². The maximum atomic E-state index is 11.5. The molecule has 1 N–H and O–H groups in total. The van der Waals surface area contributed by atoms with Gasteiger partial charge in [0, 0.05) is 31.6 Å². The summed E-state index contributed by atoms with van der Waals surface area (Å²) in [6, 6.07) is 14.2. The second-order valence-electron chi connectivity index (χ2n) is 7.16. The number of nitrogens with one attached hydrogen (secondary N) is 1. The van der Waals surface area contributed by atoms with Crippen LogP contribution in [0, 0.1) is 0 Å².